The van der Waals surface area contributed by atoms with Crippen LogP contribution in [0, 0.1) is 17.0 Å². The zero-order valence-corrected chi connectivity index (χ0v) is 16.2. The van der Waals surface area contributed by atoms with Crippen LogP contribution < -0.4 is 0 Å². The first-order chi connectivity index (χ1) is 13.5. The van der Waals surface area contributed by atoms with Crippen LogP contribution in [0.3, 0.4) is 0 Å². The number of rotatable bonds is 5. The van der Waals surface area contributed by atoms with Gasteiger partial charge in [-0.15, -0.1) is 0 Å². The number of hydrogen-bond donors (Lipinski definition) is 0. The Labute approximate surface area is 163 Å². The summed E-state index contributed by atoms with van der Waals surface area (Å²) in [5, 5.41) is 4.33. The molecule has 28 heavy (non-hydrogen) atoms. The van der Waals surface area contributed by atoms with Gasteiger partial charge in [0.1, 0.15) is 0 Å². The van der Waals surface area contributed by atoms with E-state index in [-0.39, 0.29) is 11.3 Å². The van der Waals surface area contributed by atoms with Crippen molar-refractivity contribution in [3.63, 3.8) is 0 Å². The van der Waals surface area contributed by atoms with E-state index in [1.807, 2.05) is 15.8 Å². The molecule has 1 aromatic carbocycles. The van der Waals surface area contributed by atoms with Gasteiger partial charge in [0, 0.05) is 44.5 Å². The summed E-state index contributed by atoms with van der Waals surface area (Å²) in [6.07, 6.45) is 6.64. The first-order valence-electron chi connectivity index (χ1n) is 9.96. The molecule has 0 radical (unpaired) electrons. The zero-order chi connectivity index (χ0) is 19.7. The third kappa shape index (κ3) is 3.68. The number of aromatic nitrogens is 2. The smallest absolute Gasteiger partial charge is 0.230 e. The molecule has 0 bridgehead atoms. The molecule has 1 atom stereocenters. The van der Waals surface area contributed by atoms with Crippen molar-refractivity contribution in [3.8, 4) is 0 Å². The van der Waals surface area contributed by atoms with Crippen molar-refractivity contribution in [2.24, 2.45) is 5.41 Å². The number of hydrogen-bond acceptors (Lipinski definition) is 3. The third-order valence-corrected chi connectivity index (χ3v) is 6.03. The Balaban J connectivity index is 1.42. The number of nitrogens with zero attached hydrogens (tertiary/aromatic N) is 4. The minimum absolute atomic E-state index is 0.148. The van der Waals surface area contributed by atoms with Gasteiger partial charge in [0.25, 0.3) is 0 Å². The maximum absolute atomic E-state index is 13.5. The Kier molecular flexibility index (Phi) is 5.19. The Morgan fingerprint density at radius 1 is 1.11 bits per heavy atom. The SMILES string of the molecule is CCn1cc(CN2CCC3(CCCN(Cc4ccc(F)c(F)c4)C3=O)C2)cn1. The van der Waals surface area contributed by atoms with Crippen LogP contribution in [-0.4, -0.2) is 45.1 Å². The van der Waals surface area contributed by atoms with E-state index in [9.17, 15) is 13.6 Å². The van der Waals surface area contributed by atoms with E-state index in [2.05, 4.69) is 23.1 Å². The topological polar surface area (TPSA) is 41.4 Å². The van der Waals surface area contributed by atoms with Crippen LogP contribution >= 0.6 is 0 Å². The van der Waals surface area contributed by atoms with E-state index in [4.69, 9.17) is 0 Å². The van der Waals surface area contributed by atoms with E-state index in [0.717, 1.165) is 51.5 Å². The predicted octanol–water partition coefficient (Wildman–Crippen LogP) is 3.20. The molecule has 2 fully saturated rings. The largest absolute Gasteiger partial charge is 0.338 e. The molecule has 7 heteroatoms. The minimum atomic E-state index is -0.865. The molecule has 1 aromatic heterocycles. The van der Waals surface area contributed by atoms with Crippen LogP contribution in [0.2, 0.25) is 0 Å². The quantitative estimate of drug-likeness (QED) is 0.790. The number of amides is 1. The summed E-state index contributed by atoms with van der Waals surface area (Å²) in [6.45, 7) is 6.35. The van der Waals surface area contributed by atoms with Crippen molar-refractivity contribution in [3.05, 3.63) is 53.4 Å². The van der Waals surface area contributed by atoms with E-state index >= 15 is 0 Å². The summed E-state index contributed by atoms with van der Waals surface area (Å²) in [5.74, 6) is -1.57. The van der Waals surface area contributed by atoms with Gasteiger partial charge >= 0.3 is 0 Å². The fourth-order valence-electron chi connectivity index (χ4n) is 4.55. The first kappa shape index (κ1) is 19.1. The van der Waals surface area contributed by atoms with E-state index in [1.54, 1.807) is 6.07 Å². The third-order valence-electron chi connectivity index (χ3n) is 6.03. The molecule has 0 aliphatic carbocycles. The highest BCUT2D eigenvalue weighted by atomic mass is 19.2. The molecule has 1 amide bonds. The normalized spacial score (nSPS) is 23.1. The Morgan fingerprint density at radius 3 is 2.71 bits per heavy atom. The summed E-state index contributed by atoms with van der Waals surface area (Å²) in [5.41, 5.74) is 1.45. The lowest BCUT2D eigenvalue weighted by Gasteiger charge is -2.39. The molecule has 2 saturated heterocycles. The molecule has 0 N–H and O–H groups in total. The second-order valence-corrected chi connectivity index (χ2v) is 8.02. The van der Waals surface area contributed by atoms with Gasteiger partial charge in [-0.3, -0.25) is 14.4 Å². The number of benzene rings is 1. The highest BCUT2D eigenvalue weighted by Crippen LogP contribution is 2.41. The van der Waals surface area contributed by atoms with Crippen molar-refractivity contribution < 1.29 is 13.6 Å². The minimum Gasteiger partial charge on any atom is -0.338 e. The summed E-state index contributed by atoms with van der Waals surface area (Å²) in [7, 11) is 0. The molecule has 4 rings (SSSR count). The Morgan fingerprint density at radius 2 is 1.96 bits per heavy atom. The molecular weight excluding hydrogens is 362 g/mol. The van der Waals surface area contributed by atoms with Crippen molar-refractivity contribution in [1.29, 1.82) is 0 Å². The van der Waals surface area contributed by atoms with E-state index < -0.39 is 11.6 Å². The number of carbonyl (C=O) groups excluding carboxylic acids is 1. The molecule has 0 saturated carbocycles. The van der Waals surface area contributed by atoms with Crippen molar-refractivity contribution in [2.75, 3.05) is 19.6 Å². The first-order valence-corrected chi connectivity index (χ1v) is 9.96. The number of piperidine rings is 1. The summed E-state index contributed by atoms with van der Waals surface area (Å²) in [4.78, 5) is 17.4. The lowest BCUT2D eigenvalue weighted by atomic mass is 9.78. The van der Waals surface area contributed by atoms with E-state index in [1.165, 1.54) is 11.6 Å². The maximum Gasteiger partial charge on any atom is 0.230 e. The van der Waals surface area contributed by atoms with Crippen LogP contribution in [0.4, 0.5) is 8.78 Å². The van der Waals surface area contributed by atoms with Crippen LogP contribution in [0.25, 0.3) is 0 Å². The second-order valence-electron chi connectivity index (χ2n) is 8.02. The Bertz CT molecular complexity index is 868. The molecule has 1 unspecified atom stereocenters. The Hall–Kier alpha value is -2.28. The van der Waals surface area contributed by atoms with Crippen LogP contribution in [-0.2, 0) is 24.4 Å². The van der Waals surface area contributed by atoms with Gasteiger partial charge in [0.2, 0.25) is 5.91 Å². The lowest BCUT2D eigenvalue weighted by Crippen LogP contribution is -2.49. The average molecular weight is 388 g/mol. The van der Waals surface area contributed by atoms with Crippen molar-refractivity contribution in [1.82, 2.24) is 19.6 Å². The standard InChI is InChI=1S/C21H26F2N4O/c1-2-27-14-17(11-24-27)12-25-9-7-21(15-25)6-3-8-26(20(21)28)13-16-4-5-18(22)19(23)10-16/h4-5,10-11,14H,2-3,6-9,12-13,15H2,1H3. The maximum atomic E-state index is 13.5. The van der Waals surface area contributed by atoms with Gasteiger partial charge < -0.3 is 4.90 Å². The summed E-state index contributed by atoms with van der Waals surface area (Å²) in [6, 6.07) is 3.87. The van der Waals surface area contributed by atoms with Gasteiger partial charge in [-0.05, 0) is 50.4 Å². The average Bonchev–Trinajstić information content (AvgIpc) is 3.30. The highest BCUT2D eigenvalue weighted by molar-refractivity contribution is 5.84. The zero-order valence-electron chi connectivity index (χ0n) is 16.2. The molecule has 1 spiro atoms. The van der Waals surface area contributed by atoms with Gasteiger partial charge in [0.15, 0.2) is 11.6 Å². The second kappa shape index (κ2) is 7.62. The highest BCUT2D eigenvalue weighted by Gasteiger charge is 2.48. The monoisotopic (exact) mass is 388 g/mol. The summed E-state index contributed by atoms with van der Waals surface area (Å²) < 4.78 is 28.6. The molecule has 3 heterocycles. The van der Waals surface area contributed by atoms with Gasteiger partial charge in [-0.1, -0.05) is 6.07 Å². The van der Waals surface area contributed by atoms with Gasteiger partial charge in [-0.2, -0.15) is 5.10 Å². The fourth-order valence-corrected chi connectivity index (χ4v) is 4.55. The summed E-state index contributed by atoms with van der Waals surface area (Å²) >= 11 is 0. The molecule has 2 aliphatic heterocycles. The fraction of sp³-hybridized carbons (Fsp3) is 0.524. The molecule has 150 valence electrons. The van der Waals surface area contributed by atoms with Gasteiger partial charge in [-0.25, -0.2) is 8.78 Å². The molecular formula is C21H26F2N4O. The number of aryl methyl sites for hydroxylation is 1. The van der Waals surface area contributed by atoms with Gasteiger partial charge in [0.05, 0.1) is 11.6 Å². The predicted molar refractivity (Wildman–Crippen MR) is 101 cm³/mol. The number of carbonyl (C=O) groups is 1. The van der Waals surface area contributed by atoms with Crippen LogP contribution in [0.15, 0.2) is 30.6 Å². The number of halogens is 2. The molecule has 2 aromatic rings. The van der Waals surface area contributed by atoms with Crippen LogP contribution in [0.1, 0.15) is 37.3 Å². The number of likely N-dealkylation sites (tertiary alicyclic amines) is 2. The lowest BCUT2D eigenvalue weighted by molar-refractivity contribution is -0.146. The van der Waals surface area contributed by atoms with Crippen LogP contribution in [0.5, 0.6) is 0 Å². The van der Waals surface area contributed by atoms with E-state index in [0.29, 0.717) is 18.7 Å². The molecule has 5 nitrogen and oxygen atoms in total. The van der Waals surface area contributed by atoms with Crippen molar-refractivity contribution in [2.45, 2.75) is 45.8 Å². The van der Waals surface area contributed by atoms with Crippen molar-refractivity contribution >= 4 is 5.91 Å². The molecule has 2 aliphatic rings.